The number of ether oxygens (including phenoxy) is 1. The van der Waals surface area contributed by atoms with Crippen molar-refractivity contribution in [1.82, 2.24) is 0 Å². The summed E-state index contributed by atoms with van der Waals surface area (Å²) in [5, 5.41) is 0. The molecule has 0 aromatic rings. The van der Waals surface area contributed by atoms with Crippen LogP contribution in [0.5, 0.6) is 0 Å². The van der Waals surface area contributed by atoms with E-state index in [0.29, 0.717) is 32.0 Å². The van der Waals surface area contributed by atoms with Crippen LogP contribution in [-0.4, -0.2) is 64.0 Å². The topological polar surface area (TPSA) is 72.5 Å². The van der Waals surface area contributed by atoms with E-state index in [1.807, 2.05) is 27.3 Å². The molecule has 0 spiro atoms. The van der Waals surface area contributed by atoms with Crippen molar-refractivity contribution in [1.29, 1.82) is 0 Å². The second kappa shape index (κ2) is 16.2. The van der Waals surface area contributed by atoms with Gasteiger partial charge in [-0.15, -0.1) is 0 Å². The first-order valence-corrected chi connectivity index (χ1v) is 13.5. The van der Waals surface area contributed by atoms with Gasteiger partial charge in [-0.2, -0.15) is 0 Å². The van der Waals surface area contributed by atoms with Crippen molar-refractivity contribution in [3.63, 3.8) is 0 Å². The molecule has 0 aliphatic carbocycles. The SMILES string of the molecule is C=C(C)C(=O)OCCC[Si](C)(OC)OC.C=C[Si](OCC)(OCC)OCC. The van der Waals surface area contributed by atoms with Gasteiger partial charge in [0.2, 0.25) is 0 Å². The van der Waals surface area contributed by atoms with Gasteiger partial charge in [-0.1, -0.05) is 13.2 Å². The summed E-state index contributed by atoms with van der Waals surface area (Å²) in [5.41, 5.74) is 2.09. The van der Waals surface area contributed by atoms with Gasteiger partial charge in [0.05, 0.1) is 6.61 Å². The van der Waals surface area contributed by atoms with Crippen molar-refractivity contribution < 1.29 is 31.7 Å². The van der Waals surface area contributed by atoms with Crippen molar-refractivity contribution in [2.45, 2.75) is 46.7 Å². The Kier molecular flexibility index (Phi) is 17.0. The number of carbonyl (C=O) groups excluding carboxylic acids is 1. The Hall–Kier alpha value is -0.816. The average Bonchev–Trinajstić information content (AvgIpc) is 2.65. The van der Waals surface area contributed by atoms with Crippen LogP contribution in [0.3, 0.4) is 0 Å². The molecule has 0 aliphatic heterocycles. The lowest BCUT2D eigenvalue weighted by Gasteiger charge is -2.24. The summed E-state index contributed by atoms with van der Waals surface area (Å²) in [4.78, 5) is 11.0. The molecule has 0 saturated carbocycles. The number of rotatable bonds is 14. The second-order valence-electron chi connectivity index (χ2n) is 5.67. The maximum absolute atomic E-state index is 11.0. The Bertz CT molecular complexity index is 409. The van der Waals surface area contributed by atoms with E-state index in [1.165, 1.54) is 0 Å². The molecule has 0 bridgehead atoms. The van der Waals surface area contributed by atoms with Gasteiger partial charge in [-0.3, -0.25) is 0 Å². The molecule has 0 N–H and O–H groups in total. The summed E-state index contributed by atoms with van der Waals surface area (Å²) >= 11 is 0. The Morgan fingerprint density at radius 1 is 1.00 bits per heavy atom. The highest BCUT2D eigenvalue weighted by molar-refractivity contribution is 6.66. The fourth-order valence-electron chi connectivity index (χ4n) is 1.87. The zero-order valence-corrected chi connectivity index (χ0v) is 20.1. The van der Waals surface area contributed by atoms with Crippen LogP contribution >= 0.6 is 0 Å². The fraction of sp³-hybridized carbons (Fsp3) is 0.722. The van der Waals surface area contributed by atoms with E-state index < -0.39 is 17.4 Å². The smallest absolute Gasteiger partial charge is 0.462 e. The number of hydrogen-bond acceptors (Lipinski definition) is 7. The first kappa shape index (κ1) is 28.4. The summed E-state index contributed by atoms with van der Waals surface area (Å²) in [6.45, 7) is 18.7. The third-order valence-corrected chi connectivity index (χ3v) is 9.07. The maximum Gasteiger partial charge on any atom is 0.528 e. The molecule has 0 heterocycles. The summed E-state index contributed by atoms with van der Waals surface area (Å²) in [5.74, 6) is -0.340. The minimum Gasteiger partial charge on any atom is -0.462 e. The number of esters is 1. The van der Waals surface area contributed by atoms with Crippen LogP contribution in [0, 0.1) is 0 Å². The molecule has 0 radical (unpaired) electrons. The molecular weight excluding hydrogens is 384 g/mol. The van der Waals surface area contributed by atoms with Crippen LogP contribution in [0.15, 0.2) is 24.4 Å². The van der Waals surface area contributed by atoms with Crippen molar-refractivity contribution in [3.05, 3.63) is 24.4 Å². The lowest BCUT2D eigenvalue weighted by atomic mass is 10.4. The zero-order chi connectivity index (χ0) is 21.3. The van der Waals surface area contributed by atoms with E-state index in [4.69, 9.17) is 26.9 Å². The molecule has 0 unspecified atom stereocenters. The van der Waals surface area contributed by atoms with E-state index in [9.17, 15) is 4.79 Å². The predicted molar refractivity (Wildman–Crippen MR) is 112 cm³/mol. The Morgan fingerprint density at radius 2 is 1.44 bits per heavy atom. The molecule has 0 saturated heterocycles. The molecule has 0 aromatic heterocycles. The highest BCUT2D eigenvalue weighted by atomic mass is 28.4. The maximum atomic E-state index is 11.0. The minimum absolute atomic E-state index is 0.340. The molecule has 27 heavy (non-hydrogen) atoms. The lowest BCUT2D eigenvalue weighted by Crippen LogP contribution is -2.44. The van der Waals surface area contributed by atoms with Crippen molar-refractivity contribution in [3.8, 4) is 0 Å². The summed E-state index contributed by atoms with van der Waals surface area (Å²) in [6, 6.07) is 0.809. The number of carbonyl (C=O) groups is 1. The molecule has 160 valence electrons. The van der Waals surface area contributed by atoms with Gasteiger partial charge in [-0.25, -0.2) is 4.79 Å². The standard InChI is InChI=1S/C10H20O4Si.C8H18O3Si/c1-9(2)10(11)14-7-6-8-15(5,12-3)13-4;1-5-9-12(8-4,10-6-2)11-7-3/h1,6-8H2,2-5H3;8H,4-7H2,1-3H3. The van der Waals surface area contributed by atoms with Crippen molar-refractivity contribution in [2.24, 2.45) is 0 Å². The molecule has 0 amide bonds. The van der Waals surface area contributed by atoms with Crippen LogP contribution in [0.25, 0.3) is 0 Å². The van der Waals surface area contributed by atoms with Gasteiger partial charge >= 0.3 is 23.3 Å². The molecule has 0 atom stereocenters. The molecule has 0 aliphatic rings. The monoisotopic (exact) mass is 422 g/mol. The quantitative estimate of drug-likeness (QED) is 0.183. The Balaban J connectivity index is 0. The Labute approximate surface area is 167 Å². The second-order valence-corrected chi connectivity index (χ2v) is 11.7. The van der Waals surface area contributed by atoms with Crippen LogP contribution < -0.4 is 0 Å². The van der Waals surface area contributed by atoms with E-state index in [1.54, 1.807) is 26.8 Å². The third kappa shape index (κ3) is 13.1. The molecule has 0 fully saturated rings. The van der Waals surface area contributed by atoms with E-state index in [-0.39, 0.29) is 5.97 Å². The van der Waals surface area contributed by atoms with Crippen molar-refractivity contribution in [2.75, 3.05) is 40.6 Å². The number of hydrogen-bond donors (Lipinski definition) is 0. The van der Waals surface area contributed by atoms with Crippen LogP contribution in [0.1, 0.15) is 34.1 Å². The molecule has 0 rings (SSSR count). The highest BCUT2D eigenvalue weighted by Gasteiger charge is 2.36. The van der Waals surface area contributed by atoms with Gasteiger partial charge < -0.3 is 26.9 Å². The van der Waals surface area contributed by atoms with Crippen molar-refractivity contribution >= 4 is 23.3 Å². The van der Waals surface area contributed by atoms with Gasteiger partial charge in [0.25, 0.3) is 0 Å². The zero-order valence-electron chi connectivity index (χ0n) is 18.1. The van der Waals surface area contributed by atoms with E-state index in [2.05, 4.69) is 13.2 Å². The third-order valence-electron chi connectivity index (χ3n) is 3.51. The first-order chi connectivity index (χ1) is 12.7. The summed E-state index contributed by atoms with van der Waals surface area (Å²) in [7, 11) is -1.22. The average molecular weight is 423 g/mol. The molecule has 9 heteroatoms. The van der Waals surface area contributed by atoms with Crippen LogP contribution in [0.4, 0.5) is 0 Å². The molecule has 0 aromatic carbocycles. The van der Waals surface area contributed by atoms with Gasteiger partial charge in [-0.05, 0) is 52.4 Å². The summed E-state index contributed by atoms with van der Waals surface area (Å²) < 4.78 is 31.9. The van der Waals surface area contributed by atoms with Gasteiger partial charge in [0.15, 0.2) is 0 Å². The largest absolute Gasteiger partial charge is 0.528 e. The normalized spacial score (nSPS) is 11.4. The minimum atomic E-state index is -2.51. The fourth-order valence-corrected chi connectivity index (χ4v) is 5.05. The molecule has 7 nitrogen and oxygen atoms in total. The highest BCUT2D eigenvalue weighted by Crippen LogP contribution is 2.13. The van der Waals surface area contributed by atoms with Gasteiger partial charge in [0, 0.05) is 39.6 Å². The van der Waals surface area contributed by atoms with E-state index >= 15 is 0 Å². The predicted octanol–water partition coefficient (Wildman–Crippen LogP) is 3.62. The van der Waals surface area contributed by atoms with Gasteiger partial charge in [0.1, 0.15) is 0 Å². The van der Waals surface area contributed by atoms with E-state index in [0.717, 1.165) is 12.5 Å². The molecular formula is C18H38O7Si2. The lowest BCUT2D eigenvalue weighted by molar-refractivity contribution is -0.138. The first-order valence-electron chi connectivity index (χ1n) is 9.18. The summed E-state index contributed by atoms with van der Waals surface area (Å²) in [6.07, 6.45) is 0.753. The van der Waals surface area contributed by atoms with Crippen LogP contribution in [0.2, 0.25) is 12.6 Å². The van der Waals surface area contributed by atoms with Crippen LogP contribution in [-0.2, 0) is 31.7 Å². The Morgan fingerprint density at radius 3 is 1.74 bits per heavy atom.